The molecule has 6 heteroatoms. The molecule has 1 rings (SSSR count). The molecule has 0 radical (unpaired) electrons. The largest absolute Gasteiger partial charge is 0.418 e. The summed E-state index contributed by atoms with van der Waals surface area (Å²) in [6.07, 6.45) is -7.65. The highest BCUT2D eigenvalue weighted by Gasteiger charge is 2.40. The summed E-state index contributed by atoms with van der Waals surface area (Å²) in [4.78, 5) is 0. The Hall–Kier alpha value is -0.620. The van der Waals surface area contributed by atoms with Crippen molar-refractivity contribution >= 4 is 15.9 Å². The highest BCUT2D eigenvalue weighted by molar-refractivity contribution is 9.10. The molecule has 0 fully saturated rings. The van der Waals surface area contributed by atoms with Gasteiger partial charge in [-0.2, -0.15) is 13.2 Å². The number of rotatable bonds is 1. The first-order chi connectivity index (χ1) is 6.32. The number of hydrogen-bond donors (Lipinski definition) is 1. The number of alkyl halides is 3. The molecule has 0 saturated heterocycles. The van der Waals surface area contributed by atoms with Crippen LogP contribution in [0.4, 0.5) is 17.6 Å². The summed E-state index contributed by atoms with van der Waals surface area (Å²) in [5, 5.41) is 8.78. The van der Waals surface area contributed by atoms with Gasteiger partial charge in [0.05, 0.1) is 0 Å². The van der Waals surface area contributed by atoms with Gasteiger partial charge < -0.3 is 5.11 Å². The van der Waals surface area contributed by atoms with Crippen LogP contribution in [0.15, 0.2) is 22.7 Å². The van der Waals surface area contributed by atoms with Crippen LogP contribution in [0.25, 0.3) is 0 Å². The van der Waals surface area contributed by atoms with Gasteiger partial charge in [0.25, 0.3) is 0 Å². The molecule has 1 nitrogen and oxygen atoms in total. The van der Waals surface area contributed by atoms with Gasteiger partial charge in [0, 0.05) is 10.0 Å². The lowest BCUT2D eigenvalue weighted by molar-refractivity contribution is -0.207. The third-order valence-electron chi connectivity index (χ3n) is 1.56. The predicted octanol–water partition coefficient (Wildman–Crippen LogP) is 3.18. The third-order valence-corrected chi connectivity index (χ3v) is 2.06. The Kier molecular flexibility index (Phi) is 3.16. The number of halogens is 5. The Morgan fingerprint density at radius 2 is 1.86 bits per heavy atom. The van der Waals surface area contributed by atoms with E-state index in [2.05, 4.69) is 15.9 Å². The first-order valence-corrected chi connectivity index (χ1v) is 4.31. The fraction of sp³-hybridized carbons (Fsp3) is 0.250. The molecule has 0 aliphatic carbocycles. The quantitative estimate of drug-likeness (QED) is 0.779. The fourth-order valence-electron chi connectivity index (χ4n) is 0.900. The van der Waals surface area contributed by atoms with Crippen LogP contribution in [0.2, 0.25) is 0 Å². The second kappa shape index (κ2) is 3.86. The van der Waals surface area contributed by atoms with Crippen LogP contribution in [-0.2, 0) is 0 Å². The summed E-state index contributed by atoms with van der Waals surface area (Å²) in [6.45, 7) is 0. The van der Waals surface area contributed by atoms with Crippen LogP contribution in [0.5, 0.6) is 0 Å². The zero-order valence-corrected chi connectivity index (χ0v) is 8.23. The second-order valence-electron chi connectivity index (χ2n) is 2.61. The van der Waals surface area contributed by atoms with Crippen molar-refractivity contribution in [2.75, 3.05) is 0 Å². The van der Waals surface area contributed by atoms with Gasteiger partial charge in [0.15, 0.2) is 6.10 Å². The summed E-state index contributed by atoms with van der Waals surface area (Å²) >= 11 is 2.89. The standard InChI is InChI=1S/C8H5BrF4O/c9-4-1-2-6(10)5(3-4)7(14)8(11,12)13/h1-3,7,14H/t7-/m0/s1. The van der Waals surface area contributed by atoms with Crippen LogP contribution in [0.1, 0.15) is 11.7 Å². The minimum absolute atomic E-state index is 0.275. The molecule has 0 unspecified atom stereocenters. The SMILES string of the molecule is O[C@@H](c1cc(Br)ccc1F)C(F)(F)F. The normalized spacial score (nSPS) is 14.1. The lowest BCUT2D eigenvalue weighted by atomic mass is 10.1. The average molecular weight is 273 g/mol. The van der Waals surface area contributed by atoms with E-state index in [-0.39, 0.29) is 4.47 Å². The van der Waals surface area contributed by atoms with Gasteiger partial charge >= 0.3 is 6.18 Å². The van der Waals surface area contributed by atoms with Gasteiger partial charge in [-0.05, 0) is 18.2 Å². The minimum Gasteiger partial charge on any atom is -0.379 e. The van der Waals surface area contributed by atoms with E-state index in [1.165, 1.54) is 6.07 Å². The van der Waals surface area contributed by atoms with Crippen molar-refractivity contribution < 1.29 is 22.7 Å². The lowest BCUT2D eigenvalue weighted by Crippen LogP contribution is -2.21. The average Bonchev–Trinajstić information content (AvgIpc) is 2.06. The second-order valence-corrected chi connectivity index (χ2v) is 3.53. The lowest BCUT2D eigenvalue weighted by Gasteiger charge is -2.15. The molecule has 0 aliphatic rings. The molecule has 0 amide bonds. The van der Waals surface area contributed by atoms with E-state index in [1.54, 1.807) is 0 Å². The fourth-order valence-corrected chi connectivity index (χ4v) is 1.28. The van der Waals surface area contributed by atoms with Crippen molar-refractivity contribution in [3.05, 3.63) is 34.1 Å². The van der Waals surface area contributed by atoms with Crippen LogP contribution < -0.4 is 0 Å². The van der Waals surface area contributed by atoms with Crippen LogP contribution >= 0.6 is 15.9 Å². The Balaban J connectivity index is 3.12. The molecular weight excluding hydrogens is 268 g/mol. The van der Waals surface area contributed by atoms with E-state index in [1.807, 2.05) is 0 Å². The van der Waals surface area contributed by atoms with Crippen molar-refractivity contribution in [1.29, 1.82) is 0 Å². The Morgan fingerprint density at radius 3 is 2.36 bits per heavy atom. The van der Waals surface area contributed by atoms with E-state index in [9.17, 15) is 17.6 Å². The van der Waals surface area contributed by atoms with Crippen molar-refractivity contribution in [2.24, 2.45) is 0 Å². The number of aliphatic hydroxyl groups is 1. The van der Waals surface area contributed by atoms with Gasteiger partial charge in [-0.1, -0.05) is 15.9 Å². The first-order valence-electron chi connectivity index (χ1n) is 3.52. The summed E-state index contributed by atoms with van der Waals surface area (Å²) in [5.41, 5.74) is -0.785. The van der Waals surface area contributed by atoms with E-state index in [0.717, 1.165) is 12.1 Å². The summed E-state index contributed by atoms with van der Waals surface area (Å²) in [5.74, 6) is -1.09. The summed E-state index contributed by atoms with van der Waals surface area (Å²) in [6, 6.07) is 3.00. The van der Waals surface area contributed by atoms with Gasteiger partial charge in [-0.15, -0.1) is 0 Å². The first kappa shape index (κ1) is 11.5. The maximum Gasteiger partial charge on any atom is 0.418 e. The van der Waals surface area contributed by atoms with Gasteiger partial charge in [0.1, 0.15) is 5.82 Å². The highest BCUT2D eigenvalue weighted by atomic mass is 79.9. The Bertz CT molecular complexity index is 337. The molecule has 1 aromatic carbocycles. The number of aliphatic hydroxyl groups excluding tert-OH is 1. The van der Waals surface area contributed by atoms with E-state index >= 15 is 0 Å². The van der Waals surface area contributed by atoms with Crippen molar-refractivity contribution in [3.8, 4) is 0 Å². The molecule has 0 spiro atoms. The molecule has 1 atom stereocenters. The molecule has 0 aromatic heterocycles. The van der Waals surface area contributed by atoms with E-state index < -0.39 is 23.7 Å². The maximum absolute atomic E-state index is 12.9. The zero-order valence-electron chi connectivity index (χ0n) is 6.65. The molecule has 0 heterocycles. The van der Waals surface area contributed by atoms with Crippen molar-refractivity contribution in [1.82, 2.24) is 0 Å². The topological polar surface area (TPSA) is 20.2 Å². The number of benzene rings is 1. The maximum atomic E-state index is 12.9. The molecule has 14 heavy (non-hydrogen) atoms. The van der Waals surface area contributed by atoms with Gasteiger partial charge in [0.2, 0.25) is 0 Å². The molecule has 0 bridgehead atoms. The molecule has 0 saturated carbocycles. The smallest absolute Gasteiger partial charge is 0.379 e. The van der Waals surface area contributed by atoms with Crippen LogP contribution in [-0.4, -0.2) is 11.3 Å². The predicted molar refractivity (Wildman–Crippen MR) is 45.1 cm³/mol. The van der Waals surface area contributed by atoms with E-state index in [4.69, 9.17) is 5.11 Å². The Morgan fingerprint density at radius 1 is 1.29 bits per heavy atom. The monoisotopic (exact) mass is 272 g/mol. The van der Waals surface area contributed by atoms with Gasteiger partial charge in [-0.3, -0.25) is 0 Å². The van der Waals surface area contributed by atoms with Crippen molar-refractivity contribution in [2.45, 2.75) is 12.3 Å². The summed E-state index contributed by atoms with van der Waals surface area (Å²) < 4.78 is 49.2. The third kappa shape index (κ3) is 2.45. The highest BCUT2D eigenvalue weighted by Crippen LogP contribution is 2.34. The Labute approximate surface area is 85.5 Å². The molecule has 1 N–H and O–H groups in total. The van der Waals surface area contributed by atoms with Crippen LogP contribution in [0.3, 0.4) is 0 Å². The van der Waals surface area contributed by atoms with Crippen LogP contribution in [0, 0.1) is 5.82 Å². The summed E-state index contributed by atoms with van der Waals surface area (Å²) in [7, 11) is 0. The van der Waals surface area contributed by atoms with Crippen molar-refractivity contribution in [3.63, 3.8) is 0 Å². The zero-order chi connectivity index (χ0) is 10.9. The number of hydrogen-bond acceptors (Lipinski definition) is 1. The molecule has 78 valence electrons. The molecular formula is C8H5BrF4O. The molecule has 1 aromatic rings. The molecule has 0 aliphatic heterocycles. The van der Waals surface area contributed by atoms with E-state index in [0.29, 0.717) is 0 Å². The minimum atomic E-state index is -4.86. The van der Waals surface area contributed by atoms with Gasteiger partial charge in [-0.25, -0.2) is 4.39 Å².